The van der Waals surface area contributed by atoms with Crippen molar-refractivity contribution in [2.24, 2.45) is 0 Å². The Morgan fingerprint density at radius 1 is 0.882 bits per heavy atom. The molecule has 0 atom stereocenters. The van der Waals surface area contributed by atoms with Gasteiger partial charge in [0.2, 0.25) is 0 Å². The third-order valence-corrected chi connectivity index (χ3v) is 1.96. The number of aromatic nitrogens is 2. The van der Waals surface area contributed by atoms with Gasteiger partial charge in [-0.2, -0.15) is 10.2 Å². The summed E-state index contributed by atoms with van der Waals surface area (Å²) in [4.78, 5) is 0. The molecule has 0 spiro atoms. The second-order valence-electron chi connectivity index (χ2n) is 3.22. The Kier molecular flexibility index (Phi) is 4.69. The fourth-order valence-electron chi connectivity index (χ4n) is 1.25. The molecule has 0 unspecified atom stereocenters. The van der Waals surface area contributed by atoms with Crippen molar-refractivity contribution in [3.05, 3.63) is 47.7 Å². The normalized spacial score (nSPS) is 9.47. The van der Waals surface area contributed by atoms with Crippen LogP contribution in [-0.2, 0) is 0 Å². The first kappa shape index (κ1) is 13.2. The van der Waals surface area contributed by atoms with Crippen molar-refractivity contribution < 1.29 is 8.78 Å². The molecule has 2 aromatic rings. The van der Waals surface area contributed by atoms with Gasteiger partial charge in [-0.3, -0.25) is 0 Å². The van der Waals surface area contributed by atoms with Crippen molar-refractivity contribution in [3.63, 3.8) is 0 Å². The number of aryl methyl sites for hydroxylation is 1. The molecule has 0 aliphatic carbocycles. The van der Waals surface area contributed by atoms with E-state index >= 15 is 0 Å². The van der Waals surface area contributed by atoms with Crippen LogP contribution in [0, 0.1) is 18.6 Å². The zero-order valence-electron chi connectivity index (χ0n) is 10.0. The van der Waals surface area contributed by atoms with Gasteiger partial charge >= 0.3 is 0 Å². The summed E-state index contributed by atoms with van der Waals surface area (Å²) >= 11 is 0. The van der Waals surface area contributed by atoms with E-state index in [1.807, 2.05) is 13.8 Å². The standard InChI is InChI=1S/C11H8F2N2.C2H6/c1-7-2-3-11(15-14-7)8-4-9(12)6-10(13)5-8;1-2/h2-6H,1H3;1-2H3. The van der Waals surface area contributed by atoms with Gasteiger partial charge in [0.05, 0.1) is 11.4 Å². The highest BCUT2D eigenvalue weighted by Gasteiger charge is 2.04. The van der Waals surface area contributed by atoms with E-state index in [2.05, 4.69) is 10.2 Å². The number of rotatable bonds is 1. The number of hydrogen-bond donors (Lipinski definition) is 0. The summed E-state index contributed by atoms with van der Waals surface area (Å²) in [6.07, 6.45) is 0. The predicted octanol–water partition coefficient (Wildman–Crippen LogP) is 3.76. The lowest BCUT2D eigenvalue weighted by Gasteiger charge is -2.00. The summed E-state index contributed by atoms with van der Waals surface area (Å²) in [6.45, 7) is 5.79. The molecule has 17 heavy (non-hydrogen) atoms. The maximum Gasteiger partial charge on any atom is 0.126 e. The highest BCUT2D eigenvalue weighted by molar-refractivity contribution is 5.58. The molecule has 0 bridgehead atoms. The Bertz CT molecular complexity index is 461. The minimum absolute atomic E-state index is 0.389. The lowest BCUT2D eigenvalue weighted by molar-refractivity contribution is 0.584. The van der Waals surface area contributed by atoms with E-state index < -0.39 is 11.6 Å². The van der Waals surface area contributed by atoms with Crippen LogP contribution in [0.5, 0.6) is 0 Å². The van der Waals surface area contributed by atoms with E-state index in [-0.39, 0.29) is 0 Å². The summed E-state index contributed by atoms with van der Waals surface area (Å²) < 4.78 is 25.8. The van der Waals surface area contributed by atoms with Crippen LogP contribution in [0.3, 0.4) is 0 Å². The van der Waals surface area contributed by atoms with E-state index in [1.165, 1.54) is 12.1 Å². The van der Waals surface area contributed by atoms with Gasteiger partial charge in [0.1, 0.15) is 11.6 Å². The molecule has 4 heteroatoms. The van der Waals surface area contributed by atoms with Crippen molar-refractivity contribution in [2.45, 2.75) is 20.8 Å². The van der Waals surface area contributed by atoms with Crippen molar-refractivity contribution in [2.75, 3.05) is 0 Å². The molecule has 0 fully saturated rings. The summed E-state index contributed by atoms with van der Waals surface area (Å²) in [5, 5.41) is 7.67. The van der Waals surface area contributed by atoms with Crippen molar-refractivity contribution in [3.8, 4) is 11.3 Å². The monoisotopic (exact) mass is 236 g/mol. The maximum absolute atomic E-state index is 12.9. The van der Waals surface area contributed by atoms with Crippen LogP contribution >= 0.6 is 0 Å². The summed E-state index contributed by atoms with van der Waals surface area (Å²) in [5.74, 6) is -1.24. The summed E-state index contributed by atoms with van der Waals surface area (Å²) in [6, 6.07) is 6.69. The van der Waals surface area contributed by atoms with Crippen molar-refractivity contribution >= 4 is 0 Å². The smallest absolute Gasteiger partial charge is 0.126 e. The summed E-state index contributed by atoms with van der Waals surface area (Å²) in [7, 11) is 0. The van der Waals surface area contributed by atoms with Gasteiger partial charge in [0.25, 0.3) is 0 Å². The van der Waals surface area contributed by atoms with Crippen LogP contribution in [0.15, 0.2) is 30.3 Å². The number of halogens is 2. The second-order valence-corrected chi connectivity index (χ2v) is 3.22. The molecule has 0 amide bonds. The van der Waals surface area contributed by atoms with Gasteiger partial charge in [-0.15, -0.1) is 0 Å². The van der Waals surface area contributed by atoms with Crippen LogP contribution in [0.2, 0.25) is 0 Å². The van der Waals surface area contributed by atoms with Gasteiger partial charge in [0.15, 0.2) is 0 Å². The van der Waals surface area contributed by atoms with Crippen LogP contribution in [0.1, 0.15) is 19.5 Å². The zero-order valence-corrected chi connectivity index (χ0v) is 10.0. The Morgan fingerprint density at radius 3 is 1.94 bits per heavy atom. The first-order chi connectivity index (χ1) is 8.15. The van der Waals surface area contributed by atoms with Crippen LogP contribution in [0.25, 0.3) is 11.3 Å². The third kappa shape index (κ3) is 3.59. The Labute approximate surface area is 99.3 Å². The molecule has 1 aromatic carbocycles. The number of nitrogens with zero attached hydrogens (tertiary/aromatic N) is 2. The molecule has 1 heterocycles. The maximum atomic E-state index is 12.9. The quantitative estimate of drug-likeness (QED) is 0.753. The topological polar surface area (TPSA) is 25.8 Å². The molecule has 0 saturated carbocycles. The number of hydrogen-bond acceptors (Lipinski definition) is 2. The average molecular weight is 236 g/mol. The van der Waals surface area contributed by atoms with Gasteiger partial charge in [-0.25, -0.2) is 8.78 Å². The third-order valence-electron chi connectivity index (χ3n) is 1.96. The zero-order chi connectivity index (χ0) is 12.8. The molecule has 0 saturated heterocycles. The Balaban J connectivity index is 0.000000686. The molecule has 0 aliphatic heterocycles. The Hall–Kier alpha value is -1.84. The van der Waals surface area contributed by atoms with E-state index in [0.717, 1.165) is 11.8 Å². The minimum Gasteiger partial charge on any atom is -0.207 e. The molecule has 0 radical (unpaired) electrons. The summed E-state index contributed by atoms with van der Waals surface area (Å²) in [5.41, 5.74) is 1.61. The fraction of sp³-hybridized carbons (Fsp3) is 0.231. The molecular weight excluding hydrogens is 222 g/mol. The molecule has 1 aromatic heterocycles. The van der Waals surface area contributed by atoms with Gasteiger partial charge in [-0.05, 0) is 31.2 Å². The van der Waals surface area contributed by atoms with Crippen LogP contribution in [-0.4, -0.2) is 10.2 Å². The van der Waals surface area contributed by atoms with Crippen LogP contribution < -0.4 is 0 Å². The van der Waals surface area contributed by atoms with E-state index in [4.69, 9.17) is 0 Å². The first-order valence-corrected chi connectivity index (χ1v) is 5.42. The minimum atomic E-state index is -0.618. The van der Waals surface area contributed by atoms with Crippen molar-refractivity contribution in [1.82, 2.24) is 10.2 Å². The average Bonchev–Trinajstić information content (AvgIpc) is 2.31. The lowest BCUT2D eigenvalue weighted by atomic mass is 10.1. The SMILES string of the molecule is CC.Cc1ccc(-c2cc(F)cc(F)c2)nn1. The van der Waals surface area contributed by atoms with E-state index in [9.17, 15) is 8.78 Å². The molecule has 0 aliphatic rings. The second kappa shape index (κ2) is 6.03. The van der Waals surface area contributed by atoms with Crippen molar-refractivity contribution in [1.29, 1.82) is 0 Å². The van der Waals surface area contributed by atoms with E-state index in [1.54, 1.807) is 19.1 Å². The largest absolute Gasteiger partial charge is 0.207 e. The molecule has 2 nitrogen and oxygen atoms in total. The van der Waals surface area contributed by atoms with E-state index in [0.29, 0.717) is 11.3 Å². The molecule has 2 rings (SSSR count). The van der Waals surface area contributed by atoms with Gasteiger partial charge < -0.3 is 0 Å². The molecule has 0 N–H and O–H groups in total. The highest BCUT2D eigenvalue weighted by atomic mass is 19.1. The molecule has 90 valence electrons. The van der Waals surface area contributed by atoms with Gasteiger partial charge in [0, 0.05) is 11.6 Å². The number of benzene rings is 1. The Morgan fingerprint density at radius 2 is 1.47 bits per heavy atom. The first-order valence-electron chi connectivity index (χ1n) is 5.42. The van der Waals surface area contributed by atoms with Crippen LogP contribution in [0.4, 0.5) is 8.78 Å². The highest BCUT2D eigenvalue weighted by Crippen LogP contribution is 2.18. The lowest BCUT2D eigenvalue weighted by Crippen LogP contribution is -1.91. The fourth-order valence-corrected chi connectivity index (χ4v) is 1.25. The predicted molar refractivity (Wildman–Crippen MR) is 63.5 cm³/mol. The molecular formula is C13H14F2N2. The van der Waals surface area contributed by atoms with Gasteiger partial charge in [-0.1, -0.05) is 13.8 Å².